The van der Waals surface area contributed by atoms with Crippen molar-refractivity contribution in [3.05, 3.63) is 83.7 Å². The van der Waals surface area contributed by atoms with Crippen LogP contribution in [0.5, 0.6) is 0 Å². The Labute approximate surface area is 433 Å². The number of pyridine rings is 1. The first-order valence-electron chi connectivity index (χ1n) is 26.4. The maximum absolute atomic E-state index is 13.9. The van der Waals surface area contributed by atoms with Gasteiger partial charge in [-0.1, -0.05) is 55.8 Å². The van der Waals surface area contributed by atoms with Crippen LogP contribution in [-0.4, -0.2) is 166 Å². The Kier molecular flexibility index (Phi) is 16.1. The van der Waals surface area contributed by atoms with E-state index in [1.54, 1.807) is 53.2 Å². The van der Waals surface area contributed by atoms with Gasteiger partial charge >= 0.3 is 11.9 Å². The molecular formula is C56H77NO17. The van der Waals surface area contributed by atoms with Crippen molar-refractivity contribution in [1.82, 2.24) is 4.98 Å². The lowest BCUT2D eigenvalue weighted by atomic mass is 9.42. The molecule has 4 heterocycles. The van der Waals surface area contributed by atoms with Gasteiger partial charge in [-0.05, 0) is 102 Å². The van der Waals surface area contributed by atoms with Crippen LogP contribution in [0.15, 0.2) is 72.6 Å². The average Bonchev–Trinajstić information content (AvgIpc) is 3.61. The Balaban J connectivity index is 0.872. The number of aliphatic hydroxyl groups excluding tert-OH is 2. The van der Waals surface area contributed by atoms with Gasteiger partial charge in [0.05, 0.1) is 53.7 Å². The number of methoxy groups -OCH3 is 2. The summed E-state index contributed by atoms with van der Waals surface area (Å²) in [6, 6.07) is 12.4. The zero-order chi connectivity index (χ0) is 53.0. The zero-order valence-corrected chi connectivity index (χ0v) is 43.8. The number of rotatable bonds is 14. The Morgan fingerprint density at radius 3 is 2.14 bits per heavy atom. The minimum atomic E-state index is -2.01. The molecule has 0 spiro atoms. The molecule has 0 unspecified atom stereocenters. The summed E-state index contributed by atoms with van der Waals surface area (Å²) < 4.78 is 61.7. The second-order valence-corrected chi connectivity index (χ2v) is 22.3. The highest BCUT2D eigenvalue weighted by molar-refractivity contribution is 5.89. The lowest BCUT2D eigenvalue weighted by Gasteiger charge is -2.67. The van der Waals surface area contributed by atoms with E-state index in [0.29, 0.717) is 32.1 Å². The molecule has 2 aromatic rings. The number of ether oxygens (including phenoxy) is 10. The monoisotopic (exact) mass is 1040 g/mol. The number of benzene rings is 1. The first-order valence-corrected chi connectivity index (χ1v) is 26.4. The standard InChI is InChI=1S/C56H77NO17/c1-31-48(60)40(65-7)27-46(67-31)74-50-33(3)69-47(28-41(50)66-8)73-49-32(2)68-45(26-39(49)58)71-38-19-20-52(5)37(25-38)18-21-55(63)42(52)29-43(72-44(59)17-16-35-13-10-9-11-14-35)53(6)54(62,22-23-56(53,55)64)34(4)70-51(61)36-15-12-24-57-30-36/h9-18,24,30-34,38-43,45-50,58,60,62-64H,19-23,25-29H2,1-8H3/b17-16+/t31-,32-,33-,34+,38+,39+,40+,41-,42-,43-,45+,46+,47+,48-,49-,50-,52+,53-,54-,55+,56-/m1/s1. The number of fused-ring (bicyclic) bond motifs is 5. The maximum Gasteiger partial charge on any atom is 0.340 e. The van der Waals surface area contributed by atoms with Crippen LogP contribution in [0.1, 0.15) is 122 Å². The third-order valence-electron chi connectivity index (χ3n) is 18.4. The van der Waals surface area contributed by atoms with E-state index in [1.807, 2.05) is 50.3 Å². The van der Waals surface area contributed by atoms with Gasteiger partial charge in [-0.25, -0.2) is 9.59 Å². The average molecular weight is 1040 g/mol. The molecule has 9 rings (SSSR count). The molecule has 4 aliphatic carbocycles. The lowest BCUT2D eigenvalue weighted by Crippen LogP contribution is -2.78. The highest BCUT2D eigenvalue weighted by Crippen LogP contribution is 2.71. The van der Waals surface area contributed by atoms with E-state index >= 15 is 0 Å². The molecule has 0 radical (unpaired) electrons. The van der Waals surface area contributed by atoms with Gasteiger partial charge in [0.2, 0.25) is 0 Å². The fraction of sp³-hybridized carbons (Fsp3) is 0.696. The van der Waals surface area contributed by atoms with Gasteiger partial charge in [0.15, 0.2) is 18.9 Å². The van der Waals surface area contributed by atoms with Gasteiger partial charge in [-0.15, -0.1) is 0 Å². The molecule has 0 amide bonds. The summed E-state index contributed by atoms with van der Waals surface area (Å²) in [5.41, 5.74) is -6.17. The zero-order valence-electron chi connectivity index (χ0n) is 43.8. The Bertz CT molecular complexity index is 2330. The fourth-order valence-corrected chi connectivity index (χ4v) is 14.0. The van der Waals surface area contributed by atoms with Crippen molar-refractivity contribution in [1.29, 1.82) is 0 Å². The Hall–Kier alpha value is -3.73. The van der Waals surface area contributed by atoms with Crippen molar-refractivity contribution < 1.29 is 82.5 Å². The molecule has 408 valence electrons. The van der Waals surface area contributed by atoms with E-state index < -0.39 is 132 Å². The number of carbonyl (C=O) groups is 2. The molecule has 3 aliphatic heterocycles. The number of carbonyl (C=O) groups excluding carboxylic acids is 2. The second-order valence-electron chi connectivity index (χ2n) is 22.3. The van der Waals surface area contributed by atoms with Crippen LogP contribution >= 0.6 is 0 Å². The van der Waals surface area contributed by atoms with Crippen molar-refractivity contribution in [2.75, 3.05) is 14.2 Å². The lowest BCUT2D eigenvalue weighted by molar-refractivity contribution is -0.338. The number of esters is 2. The van der Waals surface area contributed by atoms with Crippen LogP contribution in [0.2, 0.25) is 0 Å². The van der Waals surface area contributed by atoms with Crippen molar-refractivity contribution in [2.45, 2.75) is 215 Å². The predicted octanol–water partition coefficient (Wildman–Crippen LogP) is 5.10. The minimum absolute atomic E-state index is 0.0508. The first-order chi connectivity index (χ1) is 35.2. The summed E-state index contributed by atoms with van der Waals surface area (Å²) in [5, 5.41) is 61.5. The molecule has 0 bridgehead atoms. The third kappa shape index (κ3) is 9.83. The molecule has 6 fully saturated rings. The van der Waals surface area contributed by atoms with E-state index in [0.717, 1.165) is 11.1 Å². The van der Waals surface area contributed by atoms with Gasteiger partial charge in [0.1, 0.15) is 47.3 Å². The van der Waals surface area contributed by atoms with Gasteiger partial charge in [0, 0.05) is 57.9 Å². The summed E-state index contributed by atoms with van der Waals surface area (Å²) >= 11 is 0. The van der Waals surface area contributed by atoms with E-state index in [-0.39, 0.29) is 43.8 Å². The molecular weight excluding hydrogens is 959 g/mol. The first kappa shape index (κ1) is 55.0. The summed E-state index contributed by atoms with van der Waals surface area (Å²) in [6.07, 6.45) is 0.191. The molecule has 7 aliphatic rings. The summed E-state index contributed by atoms with van der Waals surface area (Å²) in [5.74, 6) is -2.03. The van der Waals surface area contributed by atoms with Crippen molar-refractivity contribution >= 4 is 18.0 Å². The van der Waals surface area contributed by atoms with Crippen molar-refractivity contribution in [2.24, 2.45) is 16.7 Å². The van der Waals surface area contributed by atoms with Crippen LogP contribution in [0.3, 0.4) is 0 Å². The van der Waals surface area contributed by atoms with Crippen LogP contribution < -0.4 is 0 Å². The van der Waals surface area contributed by atoms with Gasteiger partial charge in [0.25, 0.3) is 0 Å². The normalized spacial score (nSPS) is 44.6. The Morgan fingerprint density at radius 2 is 1.46 bits per heavy atom. The van der Waals surface area contributed by atoms with Crippen LogP contribution in [0, 0.1) is 16.7 Å². The van der Waals surface area contributed by atoms with E-state index in [2.05, 4.69) is 11.9 Å². The molecule has 1 aromatic heterocycles. The maximum atomic E-state index is 13.9. The summed E-state index contributed by atoms with van der Waals surface area (Å²) in [7, 11) is 3.15. The largest absolute Gasteiger partial charge is 0.458 e. The summed E-state index contributed by atoms with van der Waals surface area (Å²) in [6.45, 7) is 10.8. The summed E-state index contributed by atoms with van der Waals surface area (Å²) in [4.78, 5) is 31.3. The van der Waals surface area contributed by atoms with Crippen molar-refractivity contribution in [3.63, 3.8) is 0 Å². The Morgan fingerprint density at radius 1 is 0.797 bits per heavy atom. The van der Waals surface area contributed by atoms with Crippen LogP contribution in [0.4, 0.5) is 0 Å². The number of hydrogen-bond acceptors (Lipinski definition) is 18. The van der Waals surface area contributed by atoms with E-state index in [4.69, 9.17) is 47.4 Å². The fourth-order valence-electron chi connectivity index (χ4n) is 14.0. The van der Waals surface area contributed by atoms with E-state index in [1.165, 1.54) is 18.5 Å². The number of nitrogens with zero attached hydrogens (tertiary/aromatic N) is 1. The molecule has 18 heteroatoms. The van der Waals surface area contributed by atoms with Gasteiger partial charge in [-0.3, -0.25) is 4.98 Å². The SMILES string of the molecule is CO[C@H]1C[C@H](O[C@@H]2[C@@H](C)O[C@@H](O[C@H]3[C@@H](O)C[C@H](O[C@H]4CC[C@@]5(C)C(=CC[C@]6(O)[C@@H]5C[C@@H](OC(=O)/C=C/c5ccccc5)[C@@]5(C)[C@]6(O)CC[C@@]5(O)[C@H](C)OC(=O)c5cccnc5)C4)O[C@@H]3C)C[C@H]2OC)O[C@H](C)[C@H]1O. The van der Waals surface area contributed by atoms with Crippen molar-refractivity contribution in [3.8, 4) is 0 Å². The molecule has 5 N–H and O–H groups in total. The van der Waals surface area contributed by atoms with Crippen LogP contribution in [-0.2, 0) is 52.2 Å². The number of aromatic nitrogens is 1. The molecule has 21 atom stereocenters. The smallest absolute Gasteiger partial charge is 0.340 e. The number of aliphatic hydroxyl groups is 5. The predicted molar refractivity (Wildman–Crippen MR) is 265 cm³/mol. The highest BCUT2D eigenvalue weighted by Gasteiger charge is 2.81. The second kappa shape index (κ2) is 21.6. The van der Waals surface area contributed by atoms with Gasteiger partial charge < -0.3 is 72.9 Å². The van der Waals surface area contributed by atoms with Crippen LogP contribution in [0.25, 0.3) is 6.08 Å². The molecule has 3 saturated heterocycles. The third-order valence-corrected chi connectivity index (χ3v) is 18.4. The minimum Gasteiger partial charge on any atom is -0.458 e. The molecule has 3 saturated carbocycles. The quantitative estimate of drug-likeness (QED) is 0.0940. The molecule has 74 heavy (non-hydrogen) atoms. The van der Waals surface area contributed by atoms with E-state index in [9.17, 15) is 35.1 Å². The topological polar surface area (TPSA) is 240 Å². The highest BCUT2D eigenvalue weighted by atomic mass is 16.7. The molecule has 18 nitrogen and oxygen atoms in total. The van der Waals surface area contributed by atoms with Gasteiger partial charge in [-0.2, -0.15) is 0 Å². The molecule has 1 aromatic carbocycles. The number of hydrogen-bond donors (Lipinski definition) is 5.